The van der Waals surface area contributed by atoms with Gasteiger partial charge in [0.25, 0.3) is 0 Å². The summed E-state index contributed by atoms with van der Waals surface area (Å²) in [6.07, 6.45) is 0.249. The van der Waals surface area contributed by atoms with Crippen LogP contribution in [0.1, 0.15) is 23.6 Å². The van der Waals surface area contributed by atoms with Gasteiger partial charge < -0.3 is 4.74 Å². The highest BCUT2D eigenvalue weighted by Crippen LogP contribution is 2.28. The lowest BCUT2D eigenvalue weighted by Crippen LogP contribution is -2.03. The molecule has 0 unspecified atom stereocenters. The standard InChI is InChI=1S/C12H15FO2/c1-7(14)5-10-6-11(13)9(3)12(15-4)8(10)2/h6H,5H2,1-4H3. The molecule has 1 aromatic rings. The van der Waals surface area contributed by atoms with E-state index in [2.05, 4.69) is 0 Å². The minimum Gasteiger partial charge on any atom is -0.496 e. The molecule has 2 nitrogen and oxygen atoms in total. The number of ketones is 1. The molecule has 0 atom stereocenters. The van der Waals surface area contributed by atoms with Crippen LogP contribution in [-0.2, 0) is 11.2 Å². The quantitative estimate of drug-likeness (QED) is 0.766. The maximum Gasteiger partial charge on any atom is 0.134 e. The van der Waals surface area contributed by atoms with Gasteiger partial charge in [0.1, 0.15) is 17.3 Å². The summed E-state index contributed by atoms with van der Waals surface area (Å²) in [6, 6.07) is 1.41. The summed E-state index contributed by atoms with van der Waals surface area (Å²) in [5, 5.41) is 0. The number of hydrogen-bond donors (Lipinski definition) is 0. The van der Waals surface area contributed by atoms with Crippen molar-refractivity contribution in [1.82, 2.24) is 0 Å². The normalized spacial score (nSPS) is 10.2. The highest BCUT2D eigenvalue weighted by atomic mass is 19.1. The molecule has 0 saturated carbocycles. The van der Waals surface area contributed by atoms with E-state index in [4.69, 9.17) is 4.74 Å². The topological polar surface area (TPSA) is 26.3 Å². The summed E-state index contributed by atoms with van der Waals surface area (Å²) in [4.78, 5) is 11.0. The minimum absolute atomic E-state index is 0.0170. The number of rotatable bonds is 3. The second-order valence-corrected chi connectivity index (χ2v) is 3.68. The van der Waals surface area contributed by atoms with E-state index in [9.17, 15) is 9.18 Å². The Morgan fingerprint density at radius 1 is 1.40 bits per heavy atom. The van der Waals surface area contributed by atoms with Gasteiger partial charge in [-0.25, -0.2) is 4.39 Å². The number of Topliss-reactive ketones (excluding diaryl/α,β-unsaturated/α-hetero) is 1. The zero-order valence-electron chi connectivity index (χ0n) is 9.48. The van der Waals surface area contributed by atoms with Crippen LogP contribution < -0.4 is 4.74 Å². The lowest BCUT2D eigenvalue weighted by atomic mass is 9.99. The van der Waals surface area contributed by atoms with Crippen molar-refractivity contribution in [2.24, 2.45) is 0 Å². The molecule has 0 bridgehead atoms. The third-order valence-corrected chi connectivity index (χ3v) is 2.47. The lowest BCUT2D eigenvalue weighted by Gasteiger charge is -2.13. The Morgan fingerprint density at radius 2 is 2.00 bits per heavy atom. The summed E-state index contributed by atoms with van der Waals surface area (Å²) < 4.78 is 18.6. The average molecular weight is 210 g/mol. The Morgan fingerprint density at radius 3 is 2.47 bits per heavy atom. The average Bonchev–Trinajstić information content (AvgIpc) is 2.14. The summed E-state index contributed by atoms with van der Waals surface area (Å²) in [5.74, 6) is 0.225. The lowest BCUT2D eigenvalue weighted by molar-refractivity contribution is -0.116. The highest BCUT2D eigenvalue weighted by molar-refractivity contribution is 5.78. The van der Waals surface area contributed by atoms with Crippen LogP contribution in [0.15, 0.2) is 6.07 Å². The van der Waals surface area contributed by atoms with Crippen LogP contribution in [0.4, 0.5) is 4.39 Å². The molecule has 1 aromatic carbocycles. The number of carbonyl (C=O) groups is 1. The minimum atomic E-state index is -0.325. The second-order valence-electron chi connectivity index (χ2n) is 3.68. The molecule has 0 aliphatic carbocycles. The van der Waals surface area contributed by atoms with Crippen molar-refractivity contribution < 1.29 is 13.9 Å². The number of halogens is 1. The monoisotopic (exact) mass is 210 g/mol. The predicted molar refractivity (Wildman–Crippen MR) is 56.8 cm³/mol. The zero-order valence-corrected chi connectivity index (χ0v) is 9.48. The van der Waals surface area contributed by atoms with Crippen LogP contribution in [0, 0.1) is 19.7 Å². The third kappa shape index (κ3) is 2.35. The van der Waals surface area contributed by atoms with Gasteiger partial charge in [-0.2, -0.15) is 0 Å². The van der Waals surface area contributed by atoms with Gasteiger partial charge in [0.05, 0.1) is 7.11 Å². The largest absolute Gasteiger partial charge is 0.496 e. The number of ether oxygens (including phenoxy) is 1. The maximum absolute atomic E-state index is 13.5. The fourth-order valence-corrected chi connectivity index (χ4v) is 1.66. The van der Waals surface area contributed by atoms with Gasteiger partial charge in [-0.1, -0.05) is 0 Å². The van der Waals surface area contributed by atoms with E-state index >= 15 is 0 Å². The first kappa shape index (κ1) is 11.7. The van der Waals surface area contributed by atoms with Gasteiger partial charge in [-0.05, 0) is 38.0 Å². The van der Waals surface area contributed by atoms with Gasteiger partial charge >= 0.3 is 0 Å². The Labute approximate surface area is 89.1 Å². The van der Waals surface area contributed by atoms with Crippen molar-refractivity contribution >= 4 is 5.78 Å². The number of benzene rings is 1. The van der Waals surface area contributed by atoms with Crippen molar-refractivity contribution in [3.63, 3.8) is 0 Å². The van der Waals surface area contributed by atoms with E-state index in [0.717, 1.165) is 5.56 Å². The van der Waals surface area contributed by atoms with Crippen LogP contribution in [0.3, 0.4) is 0 Å². The molecule has 82 valence electrons. The first-order valence-electron chi connectivity index (χ1n) is 4.79. The van der Waals surface area contributed by atoms with E-state index in [1.807, 2.05) is 6.92 Å². The van der Waals surface area contributed by atoms with E-state index < -0.39 is 0 Å². The molecule has 0 saturated heterocycles. The Balaban J connectivity index is 3.30. The summed E-state index contributed by atoms with van der Waals surface area (Å²) >= 11 is 0. The SMILES string of the molecule is COc1c(C)c(F)cc(CC(C)=O)c1C. The van der Waals surface area contributed by atoms with Crippen molar-refractivity contribution in [3.05, 3.63) is 28.6 Å². The molecule has 15 heavy (non-hydrogen) atoms. The molecule has 0 radical (unpaired) electrons. The summed E-state index contributed by atoms with van der Waals surface area (Å²) in [7, 11) is 1.51. The predicted octanol–water partition coefficient (Wildman–Crippen LogP) is 2.58. The molecule has 3 heteroatoms. The number of carbonyl (C=O) groups excluding carboxylic acids is 1. The summed E-state index contributed by atoms with van der Waals surface area (Å²) in [6.45, 7) is 4.99. The van der Waals surface area contributed by atoms with Gasteiger partial charge in [0, 0.05) is 12.0 Å². The van der Waals surface area contributed by atoms with Gasteiger partial charge in [0.2, 0.25) is 0 Å². The van der Waals surface area contributed by atoms with E-state index in [1.54, 1.807) is 6.92 Å². The Kier molecular flexibility index (Phi) is 3.45. The van der Waals surface area contributed by atoms with Crippen molar-refractivity contribution in [2.45, 2.75) is 27.2 Å². The summed E-state index contributed by atoms with van der Waals surface area (Å²) in [5.41, 5.74) is 2.02. The Bertz CT molecular complexity index is 397. The number of methoxy groups -OCH3 is 1. The molecular weight excluding hydrogens is 195 g/mol. The Hall–Kier alpha value is -1.38. The maximum atomic E-state index is 13.5. The molecule has 1 rings (SSSR count). The zero-order chi connectivity index (χ0) is 11.6. The first-order chi connectivity index (χ1) is 6.97. The van der Waals surface area contributed by atoms with Crippen LogP contribution >= 0.6 is 0 Å². The van der Waals surface area contributed by atoms with Gasteiger partial charge in [-0.3, -0.25) is 4.79 Å². The van der Waals surface area contributed by atoms with Crippen LogP contribution in [0.5, 0.6) is 5.75 Å². The molecule has 0 fully saturated rings. The number of hydrogen-bond acceptors (Lipinski definition) is 2. The molecule has 0 spiro atoms. The van der Waals surface area contributed by atoms with Crippen LogP contribution in [0.25, 0.3) is 0 Å². The molecule has 0 heterocycles. The van der Waals surface area contributed by atoms with Gasteiger partial charge in [-0.15, -0.1) is 0 Å². The van der Waals surface area contributed by atoms with Gasteiger partial charge in [0.15, 0.2) is 0 Å². The van der Waals surface area contributed by atoms with Crippen molar-refractivity contribution in [3.8, 4) is 5.75 Å². The third-order valence-electron chi connectivity index (χ3n) is 2.47. The van der Waals surface area contributed by atoms with E-state index in [1.165, 1.54) is 20.1 Å². The fourth-order valence-electron chi connectivity index (χ4n) is 1.66. The molecule has 0 N–H and O–H groups in total. The highest BCUT2D eigenvalue weighted by Gasteiger charge is 2.13. The van der Waals surface area contributed by atoms with Crippen LogP contribution in [-0.4, -0.2) is 12.9 Å². The van der Waals surface area contributed by atoms with Crippen LogP contribution in [0.2, 0.25) is 0 Å². The first-order valence-corrected chi connectivity index (χ1v) is 4.79. The molecule has 0 aromatic heterocycles. The van der Waals surface area contributed by atoms with Crippen molar-refractivity contribution in [2.75, 3.05) is 7.11 Å². The second kappa shape index (κ2) is 4.43. The van der Waals surface area contributed by atoms with E-state index in [0.29, 0.717) is 16.9 Å². The fraction of sp³-hybridized carbons (Fsp3) is 0.417. The molecule has 0 aliphatic rings. The molecule has 0 aliphatic heterocycles. The van der Waals surface area contributed by atoms with Crippen molar-refractivity contribution in [1.29, 1.82) is 0 Å². The van der Waals surface area contributed by atoms with E-state index in [-0.39, 0.29) is 18.0 Å². The molecule has 0 amide bonds. The molecular formula is C12H15FO2. The smallest absolute Gasteiger partial charge is 0.134 e.